The zero-order chi connectivity index (χ0) is 20.4. The summed E-state index contributed by atoms with van der Waals surface area (Å²) in [5.41, 5.74) is 13.0. The van der Waals surface area contributed by atoms with Crippen molar-refractivity contribution in [2.75, 3.05) is 13.7 Å². The molecule has 0 spiro atoms. The highest BCUT2D eigenvalue weighted by molar-refractivity contribution is 5.38. The molecule has 0 heterocycles. The summed E-state index contributed by atoms with van der Waals surface area (Å²) in [6, 6.07) is 13.7. The lowest BCUT2D eigenvalue weighted by molar-refractivity contribution is 0.198. The van der Waals surface area contributed by atoms with E-state index in [1.807, 2.05) is 0 Å². The van der Waals surface area contributed by atoms with Crippen molar-refractivity contribution in [3.63, 3.8) is 0 Å². The normalized spacial score (nSPS) is 26.3. The second-order valence-corrected chi connectivity index (χ2v) is 9.44. The highest BCUT2D eigenvalue weighted by atomic mass is 16.5. The van der Waals surface area contributed by atoms with E-state index in [0.29, 0.717) is 5.92 Å². The van der Waals surface area contributed by atoms with Crippen LogP contribution in [0.5, 0.6) is 5.75 Å². The maximum absolute atomic E-state index is 9.55. The van der Waals surface area contributed by atoms with Gasteiger partial charge in [0.1, 0.15) is 5.75 Å². The Morgan fingerprint density at radius 2 is 2.00 bits per heavy atom. The Kier molecular flexibility index (Phi) is 5.98. The summed E-state index contributed by atoms with van der Waals surface area (Å²) in [6.45, 7) is 2.20. The topological polar surface area (TPSA) is 55.5 Å². The van der Waals surface area contributed by atoms with Crippen LogP contribution in [-0.2, 0) is 19.3 Å². The summed E-state index contributed by atoms with van der Waals surface area (Å²) in [4.78, 5) is 0. The second kappa shape index (κ2) is 8.49. The van der Waals surface area contributed by atoms with E-state index in [1.165, 1.54) is 53.5 Å². The van der Waals surface area contributed by atoms with Crippen molar-refractivity contribution < 1.29 is 9.84 Å². The number of rotatable bonds is 6. The molecular weight excluding hydrogens is 358 g/mol. The first-order valence-electron chi connectivity index (χ1n) is 11.1. The molecule has 29 heavy (non-hydrogen) atoms. The highest BCUT2D eigenvalue weighted by Gasteiger charge is 2.36. The van der Waals surface area contributed by atoms with Gasteiger partial charge in [-0.3, -0.25) is 0 Å². The van der Waals surface area contributed by atoms with Gasteiger partial charge in [0.05, 0.1) is 13.7 Å². The molecule has 0 saturated heterocycles. The fourth-order valence-corrected chi connectivity index (χ4v) is 5.33. The third-order valence-electron chi connectivity index (χ3n) is 7.30. The van der Waals surface area contributed by atoms with Crippen molar-refractivity contribution in [3.05, 3.63) is 64.2 Å². The van der Waals surface area contributed by atoms with Gasteiger partial charge in [0, 0.05) is 5.54 Å². The van der Waals surface area contributed by atoms with Gasteiger partial charge in [-0.15, -0.1) is 0 Å². The molecule has 2 aromatic carbocycles. The van der Waals surface area contributed by atoms with Crippen LogP contribution in [-0.4, -0.2) is 24.4 Å². The molecule has 3 nitrogen and oxygen atoms in total. The van der Waals surface area contributed by atoms with Gasteiger partial charge in [0.25, 0.3) is 0 Å². The van der Waals surface area contributed by atoms with Gasteiger partial charge in [-0.05, 0) is 104 Å². The van der Waals surface area contributed by atoms with Crippen LogP contribution in [0, 0.1) is 12.8 Å². The van der Waals surface area contributed by atoms with Gasteiger partial charge < -0.3 is 15.6 Å². The third kappa shape index (κ3) is 4.51. The Morgan fingerprint density at radius 1 is 1.14 bits per heavy atom. The van der Waals surface area contributed by atoms with Crippen LogP contribution < -0.4 is 10.5 Å². The number of ether oxygens (including phenoxy) is 1. The van der Waals surface area contributed by atoms with Gasteiger partial charge in [-0.25, -0.2) is 0 Å². The number of fused-ring (bicyclic) bond motifs is 1. The summed E-state index contributed by atoms with van der Waals surface area (Å²) in [5.74, 6) is 2.27. The van der Waals surface area contributed by atoms with E-state index < -0.39 is 0 Å². The maximum atomic E-state index is 9.55. The summed E-state index contributed by atoms with van der Waals surface area (Å²) < 4.78 is 5.48. The van der Waals surface area contributed by atoms with Crippen molar-refractivity contribution in [1.82, 2.24) is 0 Å². The fourth-order valence-electron chi connectivity index (χ4n) is 5.33. The van der Waals surface area contributed by atoms with E-state index in [4.69, 9.17) is 10.5 Å². The first-order chi connectivity index (χ1) is 14.0. The summed E-state index contributed by atoms with van der Waals surface area (Å²) in [7, 11) is 1.75. The van der Waals surface area contributed by atoms with Crippen LogP contribution >= 0.6 is 0 Å². The standard InChI is InChI=1S/C26H35NO2/c1-18-3-4-20(14-25(18)29-2)6-5-19-7-8-22-15-23(10-9-21(22)13-19)24-11-12-26(27,16-24)17-28/h3-4,9-10,14-15,19,24,28H,5-8,11-13,16-17,27H2,1-2H3/t19-,24+,26-/m1/s1. The largest absolute Gasteiger partial charge is 0.496 e. The Bertz CT molecular complexity index is 862. The predicted molar refractivity (Wildman–Crippen MR) is 119 cm³/mol. The monoisotopic (exact) mass is 393 g/mol. The molecule has 2 aromatic rings. The molecule has 1 saturated carbocycles. The minimum Gasteiger partial charge on any atom is -0.496 e. The molecule has 156 valence electrons. The van der Waals surface area contributed by atoms with Crippen LogP contribution in [0.1, 0.15) is 65.8 Å². The summed E-state index contributed by atoms with van der Waals surface area (Å²) >= 11 is 0. The summed E-state index contributed by atoms with van der Waals surface area (Å²) in [6.07, 6.45) is 8.95. The Labute approximate surface area is 175 Å². The van der Waals surface area contributed by atoms with Gasteiger partial charge in [-0.1, -0.05) is 30.3 Å². The number of hydrogen-bond donors (Lipinski definition) is 2. The zero-order valence-electron chi connectivity index (χ0n) is 17.9. The van der Waals surface area contributed by atoms with Crippen molar-refractivity contribution in [3.8, 4) is 5.75 Å². The number of aryl methyl sites for hydroxylation is 3. The SMILES string of the molecule is COc1cc(CC[C@@H]2CCc3cc([C@H]4CC[C@](N)(CO)C4)ccc3C2)ccc1C. The van der Waals surface area contributed by atoms with Crippen LogP contribution in [0.3, 0.4) is 0 Å². The van der Waals surface area contributed by atoms with Gasteiger partial charge in [-0.2, -0.15) is 0 Å². The number of methoxy groups -OCH3 is 1. The average Bonchev–Trinajstić information content (AvgIpc) is 3.15. The predicted octanol–water partition coefficient (Wildman–Crippen LogP) is 4.70. The number of benzene rings is 2. The average molecular weight is 394 g/mol. The quantitative estimate of drug-likeness (QED) is 0.748. The third-order valence-corrected chi connectivity index (χ3v) is 7.30. The molecule has 0 radical (unpaired) electrons. The van der Waals surface area contributed by atoms with Gasteiger partial charge in [0.15, 0.2) is 0 Å². The molecule has 1 fully saturated rings. The Morgan fingerprint density at radius 3 is 2.76 bits per heavy atom. The van der Waals surface area contributed by atoms with Gasteiger partial charge in [0.2, 0.25) is 0 Å². The molecule has 0 amide bonds. The molecule has 0 aromatic heterocycles. The number of hydrogen-bond acceptors (Lipinski definition) is 3. The molecule has 3 N–H and O–H groups in total. The molecule has 3 heteroatoms. The van der Waals surface area contributed by atoms with Crippen molar-refractivity contribution in [1.29, 1.82) is 0 Å². The molecule has 4 rings (SSSR count). The minimum atomic E-state index is -0.371. The maximum Gasteiger partial charge on any atom is 0.122 e. The van der Waals surface area contributed by atoms with Gasteiger partial charge >= 0.3 is 0 Å². The Balaban J connectivity index is 1.37. The van der Waals surface area contributed by atoms with E-state index in [0.717, 1.165) is 37.4 Å². The van der Waals surface area contributed by atoms with E-state index in [-0.39, 0.29) is 12.1 Å². The lowest BCUT2D eigenvalue weighted by Crippen LogP contribution is -2.40. The number of aliphatic hydroxyl groups excluding tert-OH is 1. The molecule has 3 atom stereocenters. The first kappa shape index (κ1) is 20.4. The molecular formula is C26H35NO2. The lowest BCUT2D eigenvalue weighted by atomic mass is 9.79. The van der Waals surface area contributed by atoms with E-state index in [2.05, 4.69) is 43.3 Å². The lowest BCUT2D eigenvalue weighted by Gasteiger charge is -2.26. The number of aliphatic hydroxyl groups is 1. The van der Waals surface area contributed by atoms with Crippen LogP contribution in [0.25, 0.3) is 0 Å². The minimum absolute atomic E-state index is 0.100. The zero-order valence-corrected chi connectivity index (χ0v) is 17.9. The first-order valence-corrected chi connectivity index (χ1v) is 11.1. The van der Waals surface area contributed by atoms with Crippen molar-refractivity contribution >= 4 is 0 Å². The number of nitrogens with two attached hydrogens (primary N) is 1. The van der Waals surface area contributed by atoms with Crippen molar-refractivity contribution in [2.24, 2.45) is 11.7 Å². The fraction of sp³-hybridized carbons (Fsp3) is 0.538. The molecule has 2 aliphatic rings. The molecule has 0 unspecified atom stereocenters. The van der Waals surface area contributed by atoms with E-state index in [1.54, 1.807) is 7.11 Å². The molecule has 0 aliphatic heterocycles. The Hall–Kier alpha value is -1.84. The van der Waals surface area contributed by atoms with Crippen LogP contribution in [0.15, 0.2) is 36.4 Å². The molecule has 0 bridgehead atoms. The van der Waals surface area contributed by atoms with E-state index in [9.17, 15) is 5.11 Å². The molecule has 2 aliphatic carbocycles. The van der Waals surface area contributed by atoms with E-state index >= 15 is 0 Å². The summed E-state index contributed by atoms with van der Waals surface area (Å²) in [5, 5.41) is 9.55. The highest BCUT2D eigenvalue weighted by Crippen LogP contribution is 2.41. The van der Waals surface area contributed by atoms with Crippen LogP contribution in [0.4, 0.5) is 0 Å². The smallest absolute Gasteiger partial charge is 0.122 e. The van der Waals surface area contributed by atoms with Crippen LogP contribution in [0.2, 0.25) is 0 Å². The van der Waals surface area contributed by atoms with Crippen molar-refractivity contribution in [2.45, 2.75) is 69.7 Å². The second-order valence-electron chi connectivity index (χ2n) is 9.44.